The average Bonchev–Trinajstić information content (AvgIpc) is 2.32. The molecule has 2 aromatic heterocycles. The van der Waals surface area contributed by atoms with Crippen LogP contribution < -0.4 is 0 Å². The Kier molecular flexibility index (Phi) is 1.36. The van der Waals surface area contributed by atoms with Crippen molar-refractivity contribution in [3.8, 4) is 0 Å². The Morgan fingerprint density at radius 1 is 1.45 bits per heavy atom. The molecule has 2 rings (SSSR count). The fraction of sp³-hybridized carbons (Fsp3) is 0.125. The quantitative estimate of drug-likeness (QED) is 0.603. The molecule has 0 aliphatic carbocycles. The first kappa shape index (κ1) is 6.68. The third-order valence-corrected chi connectivity index (χ3v) is 1.82. The maximum atomic E-state index is 5.79. The summed E-state index contributed by atoms with van der Waals surface area (Å²) in [6.07, 6.45) is 1.50. The Bertz CT molecular complexity index is 394. The van der Waals surface area contributed by atoms with Crippen LogP contribution in [0.25, 0.3) is 11.1 Å². The standard InChI is InChI=1S/C8H6ClNO/c1-5-2-3-6-7(9)4-11-8(6)10-5/h2-4H,1H3. The highest BCUT2D eigenvalue weighted by molar-refractivity contribution is 6.35. The maximum absolute atomic E-state index is 5.79. The summed E-state index contributed by atoms with van der Waals surface area (Å²) in [6, 6.07) is 3.81. The van der Waals surface area contributed by atoms with Crippen LogP contribution in [0, 0.1) is 6.92 Å². The van der Waals surface area contributed by atoms with E-state index in [0.717, 1.165) is 11.1 Å². The zero-order valence-electron chi connectivity index (χ0n) is 5.97. The number of fused-ring (bicyclic) bond motifs is 1. The van der Waals surface area contributed by atoms with E-state index in [1.54, 1.807) is 0 Å². The van der Waals surface area contributed by atoms with E-state index in [1.165, 1.54) is 6.26 Å². The van der Waals surface area contributed by atoms with Crippen molar-refractivity contribution in [3.05, 3.63) is 29.1 Å². The zero-order chi connectivity index (χ0) is 7.84. The van der Waals surface area contributed by atoms with Gasteiger partial charge in [-0.05, 0) is 19.1 Å². The third kappa shape index (κ3) is 0.994. The molecule has 0 aliphatic rings. The van der Waals surface area contributed by atoms with Crippen LogP contribution in [-0.4, -0.2) is 4.98 Å². The Balaban J connectivity index is 2.86. The molecule has 2 aromatic rings. The highest BCUT2D eigenvalue weighted by Gasteiger charge is 2.03. The number of hydrogen-bond donors (Lipinski definition) is 0. The molecule has 0 bridgehead atoms. The molecule has 0 saturated carbocycles. The highest BCUT2D eigenvalue weighted by Crippen LogP contribution is 2.23. The first-order valence-corrected chi connectivity index (χ1v) is 3.65. The predicted molar refractivity (Wildman–Crippen MR) is 43.8 cm³/mol. The van der Waals surface area contributed by atoms with E-state index in [2.05, 4.69) is 4.98 Å². The van der Waals surface area contributed by atoms with Gasteiger partial charge in [-0.15, -0.1) is 0 Å². The van der Waals surface area contributed by atoms with E-state index < -0.39 is 0 Å². The summed E-state index contributed by atoms with van der Waals surface area (Å²) in [4.78, 5) is 4.15. The summed E-state index contributed by atoms with van der Waals surface area (Å²) in [5, 5.41) is 1.49. The molecule has 0 spiro atoms. The minimum atomic E-state index is 0.606. The van der Waals surface area contributed by atoms with Crippen molar-refractivity contribution in [3.63, 3.8) is 0 Å². The number of pyridine rings is 1. The zero-order valence-corrected chi connectivity index (χ0v) is 6.72. The van der Waals surface area contributed by atoms with Crippen molar-refractivity contribution in [2.75, 3.05) is 0 Å². The van der Waals surface area contributed by atoms with E-state index in [0.29, 0.717) is 10.7 Å². The third-order valence-electron chi connectivity index (χ3n) is 1.53. The molecule has 0 amide bonds. The van der Waals surface area contributed by atoms with Gasteiger partial charge in [0.25, 0.3) is 0 Å². The van der Waals surface area contributed by atoms with Gasteiger partial charge in [-0.1, -0.05) is 11.6 Å². The molecule has 3 heteroatoms. The minimum Gasteiger partial charge on any atom is -0.444 e. The van der Waals surface area contributed by atoms with Crippen LogP contribution in [0.15, 0.2) is 22.8 Å². The SMILES string of the molecule is Cc1ccc2c(Cl)coc2n1. The molecule has 56 valence electrons. The van der Waals surface area contributed by atoms with Crippen molar-refractivity contribution in [2.24, 2.45) is 0 Å². The van der Waals surface area contributed by atoms with Crippen LogP contribution in [0.2, 0.25) is 5.02 Å². The van der Waals surface area contributed by atoms with E-state index in [-0.39, 0.29) is 0 Å². The Labute approximate surface area is 68.8 Å². The Morgan fingerprint density at radius 3 is 3.09 bits per heavy atom. The minimum absolute atomic E-state index is 0.606. The lowest BCUT2D eigenvalue weighted by Crippen LogP contribution is -1.77. The normalized spacial score (nSPS) is 10.7. The number of furan rings is 1. The Morgan fingerprint density at radius 2 is 2.27 bits per heavy atom. The molecule has 0 aromatic carbocycles. The molecule has 0 atom stereocenters. The second-order valence-electron chi connectivity index (χ2n) is 2.39. The fourth-order valence-corrected chi connectivity index (χ4v) is 1.16. The molecule has 11 heavy (non-hydrogen) atoms. The van der Waals surface area contributed by atoms with E-state index in [4.69, 9.17) is 16.0 Å². The number of aryl methyl sites for hydroxylation is 1. The van der Waals surface area contributed by atoms with Gasteiger partial charge in [-0.25, -0.2) is 4.98 Å². The van der Waals surface area contributed by atoms with Gasteiger partial charge in [0.1, 0.15) is 6.26 Å². The summed E-state index contributed by atoms with van der Waals surface area (Å²) in [6.45, 7) is 1.91. The summed E-state index contributed by atoms with van der Waals surface area (Å²) < 4.78 is 5.09. The van der Waals surface area contributed by atoms with E-state index >= 15 is 0 Å². The molecule has 0 fully saturated rings. The molecule has 0 unspecified atom stereocenters. The molecule has 2 heterocycles. The van der Waals surface area contributed by atoms with Gasteiger partial charge in [0.2, 0.25) is 5.71 Å². The lowest BCUT2D eigenvalue weighted by Gasteiger charge is -1.89. The van der Waals surface area contributed by atoms with E-state index in [1.807, 2.05) is 19.1 Å². The summed E-state index contributed by atoms with van der Waals surface area (Å²) in [5.41, 5.74) is 1.54. The smallest absolute Gasteiger partial charge is 0.227 e. The van der Waals surface area contributed by atoms with Crippen LogP contribution >= 0.6 is 11.6 Å². The lowest BCUT2D eigenvalue weighted by atomic mass is 10.3. The van der Waals surface area contributed by atoms with Gasteiger partial charge < -0.3 is 4.42 Å². The molecule has 0 radical (unpaired) electrons. The second kappa shape index (κ2) is 2.24. The van der Waals surface area contributed by atoms with Gasteiger partial charge in [0.05, 0.1) is 10.4 Å². The van der Waals surface area contributed by atoms with Gasteiger partial charge in [0.15, 0.2) is 0 Å². The van der Waals surface area contributed by atoms with Crippen LogP contribution in [0.1, 0.15) is 5.69 Å². The Hall–Kier alpha value is -1.02. The van der Waals surface area contributed by atoms with Crippen LogP contribution in [-0.2, 0) is 0 Å². The summed E-state index contributed by atoms with van der Waals surface area (Å²) in [7, 11) is 0. The van der Waals surface area contributed by atoms with Crippen molar-refractivity contribution >= 4 is 22.7 Å². The van der Waals surface area contributed by atoms with Crippen molar-refractivity contribution in [1.82, 2.24) is 4.98 Å². The van der Waals surface area contributed by atoms with Crippen molar-refractivity contribution in [2.45, 2.75) is 6.92 Å². The van der Waals surface area contributed by atoms with Crippen molar-refractivity contribution in [1.29, 1.82) is 0 Å². The molecular formula is C8H6ClNO. The molecule has 0 saturated heterocycles. The molecule has 0 aliphatic heterocycles. The maximum Gasteiger partial charge on any atom is 0.227 e. The second-order valence-corrected chi connectivity index (χ2v) is 2.80. The summed E-state index contributed by atoms with van der Waals surface area (Å²) >= 11 is 5.79. The average molecular weight is 168 g/mol. The van der Waals surface area contributed by atoms with Crippen LogP contribution in [0.3, 0.4) is 0 Å². The number of halogens is 1. The largest absolute Gasteiger partial charge is 0.444 e. The first-order valence-electron chi connectivity index (χ1n) is 3.28. The lowest BCUT2D eigenvalue weighted by molar-refractivity contribution is 0.602. The molecule has 2 nitrogen and oxygen atoms in total. The number of aromatic nitrogens is 1. The predicted octanol–water partition coefficient (Wildman–Crippen LogP) is 2.79. The van der Waals surface area contributed by atoms with Gasteiger partial charge >= 0.3 is 0 Å². The number of rotatable bonds is 0. The van der Waals surface area contributed by atoms with Gasteiger partial charge in [0, 0.05) is 5.69 Å². The number of nitrogens with zero attached hydrogens (tertiary/aromatic N) is 1. The van der Waals surface area contributed by atoms with Crippen LogP contribution in [0.5, 0.6) is 0 Å². The fourth-order valence-electron chi connectivity index (χ4n) is 0.976. The number of hydrogen-bond acceptors (Lipinski definition) is 2. The monoisotopic (exact) mass is 167 g/mol. The molecule has 0 N–H and O–H groups in total. The van der Waals surface area contributed by atoms with Gasteiger partial charge in [-0.3, -0.25) is 0 Å². The topological polar surface area (TPSA) is 26.0 Å². The van der Waals surface area contributed by atoms with E-state index in [9.17, 15) is 0 Å². The molecular weight excluding hydrogens is 162 g/mol. The summed E-state index contributed by atoms with van der Waals surface area (Å²) in [5.74, 6) is 0. The first-order chi connectivity index (χ1) is 5.27. The highest BCUT2D eigenvalue weighted by atomic mass is 35.5. The van der Waals surface area contributed by atoms with Crippen LogP contribution in [0.4, 0.5) is 0 Å². The van der Waals surface area contributed by atoms with Gasteiger partial charge in [-0.2, -0.15) is 0 Å². The van der Waals surface area contributed by atoms with Crippen molar-refractivity contribution < 1.29 is 4.42 Å².